The molecule has 0 bridgehead atoms. The molecule has 1 aliphatic rings. The second kappa shape index (κ2) is 9.01. The van der Waals surface area contributed by atoms with E-state index in [0.29, 0.717) is 0 Å². The van der Waals surface area contributed by atoms with Gasteiger partial charge in [-0.3, -0.25) is 4.90 Å². The van der Waals surface area contributed by atoms with Crippen molar-refractivity contribution >= 4 is 11.8 Å². The Morgan fingerprint density at radius 2 is 2.35 bits per heavy atom. The molecule has 1 heterocycles. The Hall–Kier alpha value is 0.01000. The first-order valence-corrected chi connectivity index (χ1v) is 8.09. The number of nitrogens with one attached hydrogen (secondary N) is 1. The van der Waals surface area contributed by atoms with Crippen LogP contribution in [-0.2, 0) is 0 Å². The van der Waals surface area contributed by atoms with Crippen LogP contribution in [-0.4, -0.2) is 48.1 Å². The molecular weight excluding hydrogens is 228 g/mol. The van der Waals surface area contributed by atoms with E-state index in [0.717, 1.165) is 17.8 Å². The highest BCUT2D eigenvalue weighted by Crippen LogP contribution is 2.17. The lowest BCUT2D eigenvalue weighted by Crippen LogP contribution is -2.48. The largest absolute Gasteiger partial charge is 0.314 e. The summed E-state index contributed by atoms with van der Waals surface area (Å²) in [5.74, 6) is 2.33. The first kappa shape index (κ1) is 15.1. The lowest BCUT2D eigenvalue weighted by Gasteiger charge is -2.38. The van der Waals surface area contributed by atoms with Crippen LogP contribution >= 0.6 is 11.8 Å². The highest BCUT2D eigenvalue weighted by molar-refractivity contribution is 7.99. The third-order valence-corrected chi connectivity index (χ3v) is 4.40. The van der Waals surface area contributed by atoms with Gasteiger partial charge in [0, 0.05) is 30.1 Å². The van der Waals surface area contributed by atoms with Crippen LogP contribution in [0.5, 0.6) is 0 Å². The molecule has 1 N–H and O–H groups in total. The fourth-order valence-corrected chi connectivity index (χ4v) is 3.13. The lowest BCUT2D eigenvalue weighted by molar-refractivity contribution is 0.145. The van der Waals surface area contributed by atoms with E-state index in [1.807, 2.05) is 17.8 Å². The van der Waals surface area contributed by atoms with Gasteiger partial charge in [0.1, 0.15) is 0 Å². The minimum atomic E-state index is 0.738. The van der Waals surface area contributed by atoms with Crippen LogP contribution in [0.4, 0.5) is 0 Å². The van der Waals surface area contributed by atoms with Gasteiger partial charge in [-0.05, 0) is 39.3 Å². The molecular formula is C14H28N2S. The third kappa shape index (κ3) is 5.94. The molecule has 2 atom stereocenters. The fourth-order valence-electron chi connectivity index (χ4n) is 2.44. The molecule has 1 aliphatic heterocycles. The zero-order valence-electron chi connectivity index (χ0n) is 11.5. The quantitative estimate of drug-likeness (QED) is 0.531. The van der Waals surface area contributed by atoms with Gasteiger partial charge in [0.15, 0.2) is 0 Å². The topological polar surface area (TPSA) is 15.3 Å². The average Bonchev–Trinajstić information content (AvgIpc) is 2.34. The molecule has 0 aromatic heterocycles. The fraction of sp³-hybridized carbons (Fsp3) is 0.857. The number of thioether (sulfide) groups is 1. The normalized spacial score (nSPS) is 26.0. The summed E-state index contributed by atoms with van der Waals surface area (Å²) in [5.41, 5.74) is 0. The molecule has 1 rings (SSSR count). The van der Waals surface area contributed by atoms with Crippen molar-refractivity contribution in [1.29, 1.82) is 0 Å². The van der Waals surface area contributed by atoms with E-state index in [9.17, 15) is 0 Å². The second-order valence-corrected chi connectivity index (χ2v) is 6.07. The molecule has 0 aromatic carbocycles. The van der Waals surface area contributed by atoms with Gasteiger partial charge in [-0.1, -0.05) is 13.0 Å². The molecule has 3 heteroatoms. The summed E-state index contributed by atoms with van der Waals surface area (Å²) in [6, 6.07) is 1.49. The first-order valence-electron chi connectivity index (χ1n) is 6.94. The predicted octanol–water partition coefficient (Wildman–Crippen LogP) is 2.76. The number of hydrogen-bond acceptors (Lipinski definition) is 3. The van der Waals surface area contributed by atoms with Crippen LogP contribution in [0.15, 0.2) is 12.7 Å². The van der Waals surface area contributed by atoms with Crippen molar-refractivity contribution in [3.05, 3.63) is 12.7 Å². The van der Waals surface area contributed by atoms with Gasteiger partial charge in [-0.25, -0.2) is 0 Å². The van der Waals surface area contributed by atoms with E-state index in [1.165, 1.54) is 44.6 Å². The van der Waals surface area contributed by atoms with Gasteiger partial charge >= 0.3 is 0 Å². The molecule has 100 valence electrons. The number of piperidine rings is 1. The molecule has 0 amide bonds. The zero-order valence-corrected chi connectivity index (χ0v) is 12.3. The van der Waals surface area contributed by atoms with Gasteiger partial charge in [0.2, 0.25) is 0 Å². The van der Waals surface area contributed by atoms with Crippen LogP contribution in [0, 0.1) is 0 Å². The lowest BCUT2D eigenvalue weighted by atomic mass is 9.98. The third-order valence-electron chi connectivity index (χ3n) is 3.46. The van der Waals surface area contributed by atoms with Crippen molar-refractivity contribution in [2.75, 3.05) is 31.1 Å². The van der Waals surface area contributed by atoms with E-state index < -0.39 is 0 Å². The molecule has 0 aromatic rings. The Kier molecular flexibility index (Phi) is 7.99. The van der Waals surface area contributed by atoms with Gasteiger partial charge < -0.3 is 5.32 Å². The minimum Gasteiger partial charge on any atom is -0.314 e. The minimum absolute atomic E-state index is 0.738. The Morgan fingerprint density at radius 3 is 3.00 bits per heavy atom. The summed E-state index contributed by atoms with van der Waals surface area (Å²) < 4.78 is 0. The molecule has 1 fully saturated rings. The highest BCUT2D eigenvalue weighted by Gasteiger charge is 2.24. The van der Waals surface area contributed by atoms with Crippen molar-refractivity contribution in [2.24, 2.45) is 0 Å². The van der Waals surface area contributed by atoms with Crippen molar-refractivity contribution in [3.8, 4) is 0 Å². The van der Waals surface area contributed by atoms with Gasteiger partial charge in [0.25, 0.3) is 0 Å². The monoisotopic (exact) mass is 256 g/mol. The zero-order chi connectivity index (χ0) is 12.5. The smallest absolute Gasteiger partial charge is 0.0111 e. The maximum atomic E-state index is 3.76. The molecule has 1 saturated heterocycles. The summed E-state index contributed by atoms with van der Waals surface area (Å²) in [6.07, 6.45) is 5.87. The molecule has 0 radical (unpaired) electrons. The summed E-state index contributed by atoms with van der Waals surface area (Å²) in [5, 5.41) is 3.65. The molecule has 17 heavy (non-hydrogen) atoms. The Labute approximate surface area is 111 Å². The number of rotatable bonds is 8. The van der Waals surface area contributed by atoms with Crippen molar-refractivity contribution in [3.63, 3.8) is 0 Å². The summed E-state index contributed by atoms with van der Waals surface area (Å²) in [7, 11) is 0. The van der Waals surface area contributed by atoms with Crippen LogP contribution in [0.1, 0.15) is 33.1 Å². The van der Waals surface area contributed by atoms with Gasteiger partial charge in [-0.2, -0.15) is 11.8 Å². The Morgan fingerprint density at radius 1 is 1.53 bits per heavy atom. The summed E-state index contributed by atoms with van der Waals surface area (Å²) in [6.45, 7) is 12.0. The standard InChI is InChI=1S/C14H28N2S/c1-4-7-15-14-6-8-16(13(3)12-14)9-11-17-10-5-2/h5,13-15H,2,4,6-12H2,1,3H3. The molecule has 2 unspecified atom stereocenters. The summed E-state index contributed by atoms with van der Waals surface area (Å²) in [4.78, 5) is 2.64. The van der Waals surface area contributed by atoms with Crippen molar-refractivity contribution < 1.29 is 0 Å². The molecule has 0 aliphatic carbocycles. The molecule has 0 spiro atoms. The van der Waals surface area contributed by atoms with Crippen LogP contribution in [0.3, 0.4) is 0 Å². The van der Waals surface area contributed by atoms with Crippen LogP contribution < -0.4 is 5.32 Å². The van der Waals surface area contributed by atoms with Gasteiger partial charge in [-0.15, -0.1) is 6.58 Å². The van der Waals surface area contributed by atoms with Crippen LogP contribution in [0.2, 0.25) is 0 Å². The average molecular weight is 256 g/mol. The predicted molar refractivity (Wildman–Crippen MR) is 79.9 cm³/mol. The van der Waals surface area contributed by atoms with E-state index in [2.05, 4.69) is 30.6 Å². The molecule has 2 nitrogen and oxygen atoms in total. The Bertz CT molecular complexity index is 208. The van der Waals surface area contributed by atoms with E-state index >= 15 is 0 Å². The summed E-state index contributed by atoms with van der Waals surface area (Å²) >= 11 is 1.99. The van der Waals surface area contributed by atoms with E-state index in [-0.39, 0.29) is 0 Å². The van der Waals surface area contributed by atoms with E-state index in [4.69, 9.17) is 0 Å². The SMILES string of the molecule is C=CCSCCN1CCC(NCCC)CC1C. The second-order valence-electron chi connectivity index (χ2n) is 4.92. The van der Waals surface area contributed by atoms with Gasteiger partial charge in [0.05, 0.1) is 0 Å². The maximum absolute atomic E-state index is 3.76. The highest BCUT2D eigenvalue weighted by atomic mass is 32.2. The Balaban J connectivity index is 2.15. The van der Waals surface area contributed by atoms with Crippen LogP contribution in [0.25, 0.3) is 0 Å². The number of hydrogen-bond donors (Lipinski definition) is 1. The number of likely N-dealkylation sites (tertiary alicyclic amines) is 1. The number of nitrogens with zero attached hydrogens (tertiary/aromatic N) is 1. The maximum Gasteiger partial charge on any atom is 0.0111 e. The van der Waals surface area contributed by atoms with Crippen molar-refractivity contribution in [2.45, 2.75) is 45.2 Å². The van der Waals surface area contributed by atoms with Crippen molar-refractivity contribution in [1.82, 2.24) is 10.2 Å². The molecule has 0 saturated carbocycles. The van der Waals surface area contributed by atoms with E-state index in [1.54, 1.807) is 0 Å². The first-order chi connectivity index (χ1) is 8.27.